The van der Waals surface area contributed by atoms with Crippen LogP contribution in [0.1, 0.15) is 57.5 Å². The summed E-state index contributed by atoms with van der Waals surface area (Å²) in [6.07, 6.45) is 3.22. The predicted octanol–water partition coefficient (Wildman–Crippen LogP) is 5.78. The van der Waals surface area contributed by atoms with Gasteiger partial charge in [0.2, 0.25) is 18.2 Å². The van der Waals surface area contributed by atoms with Gasteiger partial charge in [0.05, 0.1) is 0 Å². The van der Waals surface area contributed by atoms with Gasteiger partial charge in [-0.3, -0.25) is 34.2 Å². The number of hydrogen-bond donors (Lipinski definition) is 4. The van der Waals surface area contributed by atoms with E-state index in [4.69, 9.17) is 15.6 Å². The Hall–Kier alpha value is -6.96. The van der Waals surface area contributed by atoms with E-state index in [9.17, 15) is 24.0 Å². The van der Waals surface area contributed by atoms with Crippen LogP contribution in [0, 0.1) is 12.8 Å². The molecule has 0 aliphatic carbocycles. The largest absolute Gasteiger partial charge is 0.457 e. The number of hydrogen-bond acceptors (Lipinski definition) is 10. The average Bonchev–Trinajstić information content (AvgIpc) is 3.50. The number of carbonyl (C=O) groups excluding carboxylic acids is 5. The third-order valence-electron chi connectivity index (χ3n) is 11.2. The van der Waals surface area contributed by atoms with Crippen LogP contribution in [-0.2, 0) is 27.3 Å². The molecule has 3 aliphatic rings. The number of benzene rings is 4. The second-order valence-electron chi connectivity index (χ2n) is 14.9. The van der Waals surface area contributed by atoms with Crippen molar-refractivity contribution in [1.29, 1.82) is 0 Å². The Labute approximate surface area is 335 Å². The molecule has 4 heterocycles. The van der Waals surface area contributed by atoms with Crippen LogP contribution in [0.15, 0.2) is 91.0 Å². The van der Waals surface area contributed by atoms with Crippen LogP contribution in [0.4, 0.5) is 22.9 Å². The Morgan fingerprint density at radius 1 is 0.914 bits per heavy atom. The zero-order chi connectivity index (χ0) is 40.3. The summed E-state index contributed by atoms with van der Waals surface area (Å²) in [4.78, 5) is 65.1. The first-order chi connectivity index (χ1) is 28.1. The highest BCUT2D eigenvalue weighted by Crippen LogP contribution is 2.36. The van der Waals surface area contributed by atoms with Gasteiger partial charge in [0, 0.05) is 60.8 Å². The van der Waals surface area contributed by atoms with Crippen molar-refractivity contribution < 1.29 is 28.7 Å². The van der Waals surface area contributed by atoms with Crippen LogP contribution < -0.4 is 31.3 Å². The molecule has 1 unspecified atom stereocenters. The van der Waals surface area contributed by atoms with E-state index in [2.05, 4.69) is 26.9 Å². The molecule has 5 N–H and O–H groups in total. The second kappa shape index (κ2) is 16.3. The van der Waals surface area contributed by atoms with Crippen molar-refractivity contribution in [2.45, 2.75) is 51.6 Å². The van der Waals surface area contributed by atoms with Gasteiger partial charge < -0.3 is 26.0 Å². The smallest absolute Gasteiger partial charge is 0.261 e. The molecule has 14 heteroatoms. The molecule has 5 aromatic rings. The molecule has 1 atom stereocenters. The minimum atomic E-state index is -1.01. The van der Waals surface area contributed by atoms with E-state index in [1.54, 1.807) is 6.07 Å². The number of ether oxygens (including phenoxy) is 1. The van der Waals surface area contributed by atoms with E-state index in [-0.39, 0.29) is 12.8 Å². The molecule has 5 amide bonds. The van der Waals surface area contributed by atoms with E-state index in [1.807, 2.05) is 90.5 Å². The molecule has 58 heavy (non-hydrogen) atoms. The zero-order valence-electron chi connectivity index (χ0n) is 32.1. The number of nitrogens with two attached hydrogens (primary N) is 1. The third-order valence-corrected chi connectivity index (χ3v) is 11.2. The van der Waals surface area contributed by atoms with Crippen LogP contribution >= 0.6 is 0 Å². The minimum absolute atomic E-state index is 0.0710. The van der Waals surface area contributed by atoms with Crippen LogP contribution in [0.2, 0.25) is 0 Å². The van der Waals surface area contributed by atoms with Crippen molar-refractivity contribution in [3.05, 3.63) is 113 Å². The highest BCUT2D eigenvalue weighted by atomic mass is 16.5. The van der Waals surface area contributed by atoms with Gasteiger partial charge in [-0.15, -0.1) is 0 Å². The number of rotatable bonds is 11. The van der Waals surface area contributed by atoms with Crippen LogP contribution in [0.25, 0.3) is 11.3 Å². The Bertz CT molecular complexity index is 2390. The second-order valence-corrected chi connectivity index (χ2v) is 14.9. The van der Waals surface area contributed by atoms with Crippen molar-refractivity contribution in [3.8, 4) is 22.8 Å². The van der Waals surface area contributed by atoms with Gasteiger partial charge in [0.25, 0.3) is 11.8 Å². The number of aryl methyl sites for hydroxylation is 3. The maximum Gasteiger partial charge on any atom is 0.261 e. The Balaban J connectivity index is 0.866. The number of fused-ring (bicyclic) bond motifs is 2. The van der Waals surface area contributed by atoms with Gasteiger partial charge in [-0.1, -0.05) is 18.2 Å². The van der Waals surface area contributed by atoms with Gasteiger partial charge in [0.1, 0.15) is 34.6 Å². The fourth-order valence-electron chi connectivity index (χ4n) is 7.97. The molecule has 0 radical (unpaired) electrons. The van der Waals surface area contributed by atoms with Crippen LogP contribution in [0.3, 0.4) is 0 Å². The number of carbonyl (C=O) groups is 5. The van der Waals surface area contributed by atoms with E-state index >= 15 is 0 Å². The SMILES string of the molecule is Cc1cc(N2CCC(CNc3ccc4c(c3)CCn3nc(-c5ccc(Oc6ccccc6)cc5)c(C(N)=O)c3N4)CC2)ccc1C(=O)N(C=O)C1CCC(=O)NC1=O. The van der Waals surface area contributed by atoms with Gasteiger partial charge >= 0.3 is 0 Å². The van der Waals surface area contributed by atoms with Crippen molar-refractivity contribution in [3.63, 3.8) is 0 Å². The number of anilines is 4. The molecule has 3 aliphatic heterocycles. The zero-order valence-corrected chi connectivity index (χ0v) is 32.1. The molecule has 1 aromatic heterocycles. The molecule has 14 nitrogen and oxygen atoms in total. The summed E-state index contributed by atoms with van der Waals surface area (Å²) in [5.41, 5.74) is 12.6. The number of nitrogens with zero attached hydrogens (tertiary/aromatic N) is 4. The summed E-state index contributed by atoms with van der Waals surface area (Å²) in [6.45, 7) is 4.91. The Morgan fingerprint density at radius 3 is 2.38 bits per heavy atom. The fourth-order valence-corrected chi connectivity index (χ4v) is 7.97. The summed E-state index contributed by atoms with van der Waals surface area (Å²) in [5.74, 6) is 0.276. The van der Waals surface area contributed by atoms with Gasteiger partial charge in [-0.25, -0.2) is 4.68 Å². The molecule has 296 valence electrons. The molecular formula is C44H44N8O6. The van der Waals surface area contributed by atoms with E-state index < -0.39 is 29.7 Å². The van der Waals surface area contributed by atoms with E-state index in [0.29, 0.717) is 59.2 Å². The lowest BCUT2D eigenvalue weighted by atomic mass is 9.95. The summed E-state index contributed by atoms with van der Waals surface area (Å²) in [5, 5.41) is 14.1. The summed E-state index contributed by atoms with van der Waals surface area (Å²) in [6, 6.07) is 27.7. The normalized spacial score (nSPS) is 16.6. The molecular weight excluding hydrogens is 737 g/mol. The maximum atomic E-state index is 13.3. The summed E-state index contributed by atoms with van der Waals surface area (Å²) < 4.78 is 7.76. The fraction of sp³-hybridized carbons (Fsp3) is 0.273. The van der Waals surface area contributed by atoms with E-state index in [1.165, 1.54) is 0 Å². The number of aromatic nitrogens is 2. The average molecular weight is 781 g/mol. The quantitative estimate of drug-likeness (QED) is 0.0948. The predicted molar refractivity (Wildman–Crippen MR) is 219 cm³/mol. The molecule has 0 spiro atoms. The van der Waals surface area contributed by atoms with Gasteiger partial charge in [-0.05, 0) is 122 Å². The third kappa shape index (κ3) is 7.85. The number of imide groups is 2. The van der Waals surface area contributed by atoms with Gasteiger partial charge in [-0.2, -0.15) is 5.10 Å². The monoisotopic (exact) mass is 780 g/mol. The van der Waals surface area contributed by atoms with Crippen LogP contribution in [-0.4, -0.2) is 70.4 Å². The molecule has 0 bridgehead atoms. The maximum absolute atomic E-state index is 13.3. The lowest BCUT2D eigenvalue weighted by Gasteiger charge is -2.34. The van der Waals surface area contributed by atoms with Crippen molar-refractivity contribution >= 4 is 52.9 Å². The number of primary amides is 1. The topological polar surface area (TPSA) is 181 Å². The lowest BCUT2D eigenvalue weighted by molar-refractivity contribution is -0.139. The molecule has 0 saturated carbocycles. The lowest BCUT2D eigenvalue weighted by Crippen LogP contribution is -2.53. The standard InChI is InChI=1S/C44H44N8O6/c1-27-23-32(10-13-35(27)44(57)51(26-53)37-15-16-38(54)48-43(37)56)50-20-17-28(18-21-50)25-46-31-9-14-36-30(24-31)19-22-52-42(47-36)39(41(45)55)40(49-52)29-7-11-34(12-8-29)58-33-5-3-2-4-6-33/h2-14,23-24,26,28,37,46-47H,15-22,25H2,1H3,(H2,45,55)(H,48,54,56). The number of nitrogens with one attached hydrogen (secondary N) is 3. The number of piperidine rings is 2. The van der Waals surface area contributed by atoms with Crippen molar-refractivity contribution in [2.75, 3.05) is 35.2 Å². The van der Waals surface area contributed by atoms with E-state index in [0.717, 1.165) is 71.3 Å². The Kier molecular flexibility index (Phi) is 10.6. The first-order valence-corrected chi connectivity index (χ1v) is 19.5. The van der Waals surface area contributed by atoms with Crippen molar-refractivity contribution in [1.82, 2.24) is 20.0 Å². The first kappa shape index (κ1) is 37.9. The summed E-state index contributed by atoms with van der Waals surface area (Å²) >= 11 is 0. The number of amides is 5. The number of para-hydroxylation sites is 1. The van der Waals surface area contributed by atoms with Crippen LogP contribution in [0.5, 0.6) is 11.5 Å². The summed E-state index contributed by atoms with van der Waals surface area (Å²) in [7, 11) is 0. The van der Waals surface area contributed by atoms with Gasteiger partial charge in [0.15, 0.2) is 0 Å². The molecule has 2 fully saturated rings. The first-order valence-electron chi connectivity index (χ1n) is 19.5. The highest BCUT2D eigenvalue weighted by molar-refractivity contribution is 6.08. The molecule has 2 saturated heterocycles. The molecule has 8 rings (SSSR count). The minimum Gasteiger partial charge on any atom is -0.457 e. The highest BCUT2D eigenvalue weighted by Gasteiger charge is 2.35. The van der Waals surface area contributed by atoms with Crippen molar-refractivity contribution in [2.24, 2.45) is 11.7 Å². The Morgan fingerprint density at radius 2 is 1.67 bits per heavy atom. The molecule has 4 aromatic carbocycles.